The molecular weight excluding hydrogens is 454 g/mol. The number of carbonyl (C=O) groups is 2. The van der Waals surface area contributed by atoms with E-state index in [1.807, 2.05) is 30.3 Å². The number of thioether (sulfide) groups is 1. The fourth-order valence-electron chi connectivity index (χ4n) is 4.92. The summed E-state index contributed by atoms with van der Waals surface area (Å²) in [6.07, 6.45) is 1.49. The van der Waals surface area contributed by atoms with Gasteiger partial charge in [-0.2, -0.15) is 0 Å². The Labute approximate surface area is 199 Å². The zero-order valence-corrected chi connectivity index (χ0v) is 19.1. The molecule has 1 saturated heterocycles. The Kier molecular flexibility index (Phi) is 5.26. The van der Waals surface area contributed by atoms with Gasteiger partial charge in [0.05, 0.1) is 35.2 Å². The molecule has 4 heterocycles. The van der Waals surface area contributed by atoms with Gasteiger partial charge in [0.1, 0.15) is 6.10 Å². The van der Waals surface area contributed by atoms with Gasteiger partial charge in [-0.1, -0.05) is 12.1 Å². The van der Waals surface area contributed by atoms with Crippen LogP contribution in [0.5, 0.6) is 0 Å². The third kappa shape index (κ3) is 3.72. The van der Waals surface area contributed by atoms with Crippen molar-refractivity contribution in [2.75, 3.05) is 35.6 Å². The van der Waals surface area contributed by atoms with Crippen molar-refractivity contribution in [3.05, 3.63) is 58.5 Å². The second-order valence-electron chi connectivity index (χ2n) is 8.75. The monoisotopic (exact) mass is 477 g/mol. The van der Waals surface area contributed by atoms with E-state index in [0.717, 1.165) is 39.4 Å². The standard InChI is InChI=1S/C24H23N5O4S/c30-21-13-34-20-5-4-15(8-19(20)27-21)28-12-16(33-24(28)32)6-7-25-9-14-11-29-22(31)10-26-18-3-1-2-17(14)23(18)29/h1-5,8,10,14,16,25H,6-7,9,11-13H2,(H,27,30)/t14-,16+/m0/s1. The average Bonchev–Trinajstić information content (AvgIpc) is 3.40. The molecule has 1 fully saturated rings. The first kappa shape index (κ1) is 21.2. The number of nitrogens with zero attached hydrogens (tertiary/aromatic N) is 3. The summed E-state index contributed by atoms with van der Waals surface area (Å²) in [6, 6.07) is 11.6. The van der Waals surface area contributed by atoms with Crippen LogP contribution in [0.25, 0.3) is 11.0 Å². The predicted octanol–water partition coefficient (Wildman–Crippen LogP) is 2.54. The number of fused-ring (bicyclic) bond motifs is 1. The van der Waals surface area contributed by atoms with Crippen LogP contribution < -0.4 is 21.1 Å². The molecule has 2 atom stereocenters. The highest BCUT2D eigenvalue weighted by Crippen LogP contribution is 2.36. The van der Waals surface area contributed by atoms with Crippen LogP contribution in [0.3, 0.4) is 0 Å². The van der Waals surface area contributed by atoms with Gasteiger partial charge in [0.15, 0.2) is 0 Å². The van der Waals surface area contributed by atoms with Gasteiger partial charge in [0, 0.05) is 29.6 Å². The molecule has 2 aromatic carbocycles. The number of cyclic esters (lactones) is 1. The highest BCUT2D eigenvalue weighted by atomic mass is 32.2. The van der Waals surface area contributed by atoms with Gasteiger partial charge < -0.3 is 19.9 Å². The molecule has 0 spiro atoms. The zero-order valence-electron chi connectivity index (χ0n) is 18.3. The maximum Gasteiger partial charge on any atom is 0.414 e. The van der Waals surface area contributed by atoms with E-state index in [2.05, 4.69) is 21.7 Å². The summed E-state index contributed by atoms with van der Waals surface area (Å²) >= 11 is 1.49. The van der Waals surface area contributed by atoms with Crippen molar-refractivity contribution in [3.8, 4) is 0 Å². The van der Waals surface area contributed by atoms with Gasteiger partial charge in [-0.15, -0.1) is 11.8 Å². The molecular formula is C24H23N5O4S. The summed E-state index contributed by atoms with van der Waals surface area (Å²) in [5, 5.41) is 6.33. The Morgan fingerprint density at radius 2 is 2.09 bits per heavy atom. The lowest BCUT2D eigenvalue weighted by molar-refractivity contribution is -0.113. The minimum atomic E-state index is -0.371. The number of anilines is 2. The molecule has 0 unspecified atom stereocenters. The minimum Gasteiger partial charge on any atom is -0.444 e. The molecule has 6 rings (SSSR count). The van der Waals surface area contributed by atoms with Crippen molar-refractivity contribution < 1.29 is 14.3 Å². The molecule has 174 valence electrons. The zero-order chi connectivity index (χ0) is 23.2. The summed E-state index contributed by atoms with van der Waals surface area (Å²) in [7, 11) is 0. The van der Waals surface area contributed by atoms with Crippen molar-refractivity contribution in [2.45, 2.75) is 29.9 Å². The fraction of sp³-hybridized carbons (Fsp3) is 0.333. The number of hydrogen-bond donors (Lipinski definition) is 2. The maximum atomic E-state index is 12.5. The smallest absolute Gasteiger partial charge is 0.414 e. The van der Waals surface area contributed by atoms with E-state index in [0.29, 0.717) is 31.8 Å². The topological polar surface area (TPSA) is 106 Å². The summed E-state index contributed by atoms with van der Waals surface area (Å²) in [6.45, 7) is 2.53. The van der Waals surface area contributed by atoms with E-state index in [1.165, 1.54) is 18.0 Å². The number of aromatic nitrogens is 2. The second-order valence-corrected chi connectivity index (χ2v) is 9.76. The van der Waals surface area contributed by atoms with Gasteiger partial charge in [-0.25, -0.2) is 9.78 Å². The molecule has 9 nitrogen and oxygen atoms in total. The van der Waals surface area contributed by atoms with Crippen LogP contribution in [-0.4, -0.2) is 53.0 Å². The number of para-hydroxylation sites is 1. The first-order valence-electron chi connectivity index (χ1n) is 11.3. The third-order valence-electron chi connectivity index (χ3n) is 6.55. The van der Waals surface area contributed by atoms with Crippen LogP contribution in [0.15, 0.2) is 52.3 Å². The first-order chi connectivity index (χ1) is 16.6. The molecule has 1 aromatic heterocycles. The van der Waals surface area contributed by atoms with Crippen LogP contribution in [-0.2, 0) is 16.1 Å². The maximum absolute atomic E-state index is 12.5. The lowest BCUT2D eigenvalue weighted by atomic mass is 10.0. The van der Waals surface area contributed by atoms with Crippen LogP contribution in [0, 0.1) is 0 Å². The van der Waals surface area contributed by atoms with E-state index in [1.54, 1.807) is 9.47 Å². The number of amides is 2. The van der Waals surface area contributed by atoms with E-state index in [4.69, 9.17) is 4.74 Å². The number of carbonyl (C=O) groups excluding carboxylic acids is 2. The van der Waals surface area contributed by atoms with Gasteiger partial charge in [0.25, 0.3) is 5.56 Å². The molecule has 0 aliphatic carbocycles. The molecule has 0 radical (unpaired) electrons. The number of benzene rings is 2. The second kappa shape index (κ2) is 8.44. The normalized spacial score (nSPS) is 21.0. The van der Waals surface area contributed by atoms with Crippen molar-refractivity contribution in [1.82, 2.24) is 14.9 Å². The van der Waals surface area contributed by atoms with E-state index < -0.39 is 0 Å². The Bertz CT molecular complexity index is 1370. The Balaban J connectivity index is 1.05. The van der Waals surface area contributed by atoms with Gasteiger partial charge >= 0.3 is 6.09 Å². The summed E-state index contributed by atoms with van der Waals surface area (Å²) in [4.78, 5) is 43.3. The molecule has 0 bridgehead atoms. The number of ether oxygens (including phenoxy) is 1. The van der Waals surface area contributed by atoms with Gasteiger partial charge in [0.2, 0.25) is 5.91 Å². The van der Waals surface area contributed by atoms with Crippen LogP contribution in [0.1, 0.15) is 17.9 Å². The van der Waals surface area contributed by atoms with Crippen LogP contribution in [0.2, 0.25) is 0 Å². The largest absolute Gasteiger partial charge is 0.444 e. The molecule has 0 saturated carbocycles. The Morgan fingerprint density at radius 3 is 3.00 bits per heavy atom. The lowest BCUT2D eigenvalue weighted by Gasteiger charge is -2.20. The molecule has 34 heavy (non-hydrogen) atoms. The van der Waals surface area contributed by atoms with Crippen LogP contribution >= 0.6 is 11.8 Å². The van der Waals surface area contributed by atoms with Crippen molar-refractivity contribution in [1.29, 1.82) is 0 Å². The molecule has 3 aliphatic heterocycles. The SMILES string of the molecule is O=C1CSc2ccc(N3C[C@@H](CCNC[C@H]4Cn5c(=O)cnc6cccc4c65)OC3=O)cc2N1. The number of rotatable bonds is 6. The van der Waals surface area contributed by atoms with Crippen molar-refractivity contribution in [3.63, 3.8) is 0 Å². The van der Waals surface area contributed by atoms with E-state index in [9.17, 15) is 14.4 Å². The third-order valence-corrected chi connectivity index (χ3v) is 7.63. The number of hydrogen-bond acceptors (Lipinski definition) is 7. The highest BCUT2D eigenvalue weighted by Gasteiger charge is 2.33. The molecule has 3 aliphatic rings. The van der Waals surface area contributed by atoms with E-state index in [-0.39, 0.29) is 29.6 Å². The summed E-state index contributed by atoms with van der Waals surface area (Å²) < 4.78 is 7.39. The number of nitrogens with one attached hydrogen (secondary N) is 2. The van der Waals surface area contributed by atoms with Crippen molar-refractivity contribution >= 4 is 46.2 Å². The van der Waals surface area contributed by atoms with Gasteiger partial charge in [-0.3, -0.25) is 14.5 Å². The average molecular weight is 478 g/mol. The van der Waals surface area contributed by atoms with Crippen molar-refractivity contribution in [2.24, 2.45) is 0 Å². The molecule has 3 aromatic rings. The predicted molar refractivity (Wildman–Crippen MR) is 130 cm³/mol. The first-order valence-corrected chi connectivity index (χ1v) is 12.3. The highest BCUT2D eigenvalue weighted by molar-refractivity contribution is 8.00. The summed E-state index contributed by atoms with van der Waals surface area (Å²) in [5.41, 5.74) is 4.31. The van der Waals surface area contributed by atoms with Gasteiger partial charge in [-0.05, 0) is 42.8 Å². The lowest BCUT2D eigenvalue weighted by Crippen LogP contribution is -2.28. The van der Waals surface area contributed by atoms with Crippen LogP contribution in [0.4, 0.5) is 16.2 Å². The fourth-order valence-corrected chi connectivity index (χ4v) is 5.71. The summed E-state index contributed by atoms with van der Waals surface area (Å²) in [5.74, 6) is 0.570. The molecule has 2 N–H and O–H groups in total. The van der Waals surface area contributed by atoms with E-state index >= 15 is 0 Å². The molecule has 10 heteroatoms. The molecule has 2 amide bonds. The minimum absolute atomic E-state index is 0.0367. The Morgan fingerprint density at radius 1 is 1.18 bits per heavy atom. The quantitative estimate of drug-likeness (QED) is 0.526. The Hall–Kier alpha value is -3.37.